The van der Waals surface area contributed by atoms with Gasteiger partial charge in [-0.3, -0.25) is 10.2 Å². The van der Waals surface area contributed by atoms with Crippen molar-refractivity contribution in [3.63, 3.8) is 0 Å². The first-order chi connectivity index (χ1) is 10.0. The van der Waals surface area contributed by atoms with Crippen LogP contribution < -0.4 is 5.32 Å². The van der Waals surface area contributed by atoms with Gasteiger partial charge in [0.15, 0.2) is 0 Å². The molecule has 1 aliphatic heterocycles. The second-order valence-corrected chi connectivity index (χ2v) is 4.33. The molecule has 2 N–H and O–H groups in total. The van der Waals surface area contributed by atoms with E-state index < -0.39 is 23.8 Å². The average molecular weight is 290 g/mol. The molecule has 1 saturated heterocycles. The summed E-state index contributed by atoms with van der Waals surface area (Å²) in [6, 6.07) is 6.64. The number of para-hydroxylation sites is 1. The van der Waals surface area contributed by atoms with Gasteiger partial charge in [-0.25, -0.2) is 9.59 Å². The van der Waals surface area contributed by atoms with E-state index in [1.54, 1.807) is 31.2 Å². The maximum absolute atomic E-state index is 11.7. The van der Waals surface area contributed by atoms with Crippen LogP contribution in [0.5, 0.6) is 0 Å². The lowest BCUT2D eigenvalue weighted by Gasteiger charge is -2.13. The zero-order valence-corrected chi connectivity index (χ0v) is 11.3. The minimum Gasteiger partial charge on any atom is -0.460 e. The molecule has 1 aliphatic rings. The Hall–Kier alpha value is -2.70. The number of carbonyl (C=O) groups excluding carboxylic acids is 3. The van der Waals surface area contributed by atoms with Crippen LogP contribution in [0.4, 0.5) is 5.69 Å². The highest BCUT2D eigenvalue weighted by atomic mass is 16.5. The fraction of sp³-hybridized carbons (Fsp3) is 0.286. The summed E-state index contributed by atoms with van der Waals surface area (Å²) in [6.07, 6.45) is 0. The molecule has 110 valence electrons. The molecule has 1 heterocycles. The van der Waals surface area contributed by atoms with Crippen molar-refractivity contribution in [2.45, 2.75) is 12.8 Å². The summed E-state index contributed by atoms with van der Waals surface area (Å²) in [4.78, 5) is 34.3. The van der Waals surface area contributed by atoms with Gasteiger partial charge in [-0.2, -0.15) is 0 Å². The highest BCUT2D eigenvalue weighted by Crippen LogP contribution is 2.29. The van der Waals surface area contributed by atoms with Gasteiger partial charge in [0.1, 0.15) is 12.3 Å². The third-order valence-electron chi connectivity index (χ3n) is 2.99. The van der Waals surface area contributed by atoms with Crippen LogP contribution >= 0.6 is 0 Å². The Kier molecular flexibility index (Phi) is 4.32. The molecule has 7 heteroatoms. The zero-order valence-electron chi connectivity index (χ0n) is 11.3. The number of amides is 1. The van der Waals surface area contributed by atoms with Crippen LogP contribution in [0.1, 0.15) is 18.4 Å². The van der Waals surface area contributed by atoms with Crippen LogP contribution in [0.25, 0.3) is 0 Å². The SMILES string of the molecule is CCOC(=O)C(=O)Nc1ccccc1C1COC(=O)C1=N. The van der Waals surface area contributed by atoms with Crippen LogP contribution in [0, 0.1) is 5.41 Å². The van der Waals surface area contributed by atoms with Crippen molar-refractivity contribution in [2.24, 2.45) is 0 Å². The molecule has 0 aromatic heterocycles. The predicted molar refractivity (Wildman–Crippen MR) is 73.1 cm³/mol. The molecule has 1 amide bonds. The average Bonchev–Trinajstić information content (AvgIpc) is 2.80. The van der Waals surface area contributed by atoms with E-state index in [1.807, 2.05) is 0 Å². The molecule has 0 saturated carbocycles. The molecule has 1 unspecified atom stereocenters. The summed E-state index contributed by atoms with van der Waals surface area (Å²) >= 11 is 0. The number of carbonyl (C=O) groups is 3. The number of ether oxygens (including phenoxy) is 2. The van der Waals surface area contributed by atoms with E-state index in [0.717, 1.165) is 0 Å². The molecule has 21 heavy (non-hydrogen) atoms. The molecule has 7 nitrogen and oxygen atoms in total. The molecule has 0 radical (unpaired) electrons. The van der Waals surface area contributed by atoms with Gasteiger partial charge in [-0.05, 0) is 18.6 Å². The molecular formula is C14H14N2O5. The van der Waals surface area contributed by atoms with Crippen molar-refractivity contribution in [3.05, 3.63) is 29.8 Å². The fourth-order valence-electron chi connectivity index (χ4n) is 1.99. The number of esters is 2. The Labute approximate surface area is 120 Å². The molecule has 1 atom stereocenters. The van der Waals surface area contributed by atoms with E-state index in [4.69, 9.17) is 10.1 Å². The summed E-state index contributed by atoms with van der Waals surface area (Å²) in [5.74, 6) is -3.12. The van der Waals surface area contributed by atoms with Crippen molar-refractivity contribution in [1.82, 2.24) is 0 Å². The molecule has 1 fully saturated rings. The second-order valence-electron chi connectivity index (χ2n) is 4.33. The maximum atomic E-state index is 11.7. The Balaban J connectivity index is 2.22. The highest BCUT2D eigenvalue weighted by molar-refractivity contribution is 6.39. The van der Waals surface area contributed by atoms with E-state index in [9.17, 15) is 14.4 Å². The van der Waals surface area contributed by atoms with Gasteiger partial charge in [0, 0.05) is 5.69 Å². The number of benzene rings is 1. The van der Waals surface area contributed by atoms with Gasteiger partial charge >= 0.3 is 17.8 Å². The van der Waals surface area contributed by atoms with Crippen LogP contribution in [0.15, 0.2) is 24.3 Å². The topological polar surface area (TPSA) is 106 Å². The predicted octanol–water partition coefficient (Wildman–Crippen LogP) is 0.848. The van der Waals surface area contributed by atoms with Gasteiger partial charge in [0.25, 0.3) is 0 Å². The summed E-state index contributed by atoms with van der Waals surface area (Å²) in [5, 5.41) is 10.1. The Morgan fingerprint density at radius 2 is 2.14 bits per heavy atom. The number of rotatable bonds is 3. The number of anilines is 1. The fourth-order valence-corrected chi connectivity index (χ4v) is 1.99. The van der Waals surface area contributed by atoms with Crippen molar-refractivity contribution >= 4 is 29.2 Å². The first-order valence-electron chi connectivity index (χ1n) is 6.37. The van der Waals surface area contributed by atoms with Gasteiger partial charge in [0.05, 0.1) is 12.5 Å². The monoisotopic (exact) mass is 290 g/mol. The summed E-state index contributed by atoms with van der Waals surface area (Å²) < 4.78 is 9.42. The third kappa shape index (κ3) is 3.07. The summed E-state index contributed by atoms with van der Waals surface area (Å²) in [6.45, 7) is 1.75. The van der Waals surface area contributed by atoms with Crippen LogP contribution in [0.2, 0.25) is 0 Å². The van der Waals surface area contributed by atoms with E-state index in [-0.39, 0.29) is 18.9 Å². The third-order valence-corrected chi connectivity index (χ3v) is 2.99. The van der Waals surface area contributed by atoms with E-state index >= 15 is 0 Å². The molecule has 1 aromatic carbocycles. The molecular weight excluding hydrogens is 276 g/mol. The standard InChI is InChI=1S/C14H14N2O5/c1-2-20-14(19)12(17)16-10-6-4-3-5-8(10)9-7-21-13(18)11(9)15/h3-6,9,15H,2,7H2,1H3,(H,16,17). The van der Waals surface area contributed by atoms with Gasteiger partial charge in [-0.15, -0.1) is 0 Å². The molecule has 2 rings (SSSR count). The molecule has 0 spiro atoms. The lowest BCUT2D eigenvalue weighted by molar-refractivity contribution is -0.152. The van der Waals surface area contributed by atoms with E-state index in [2.05, 4.69) is 10.1 Å². The molecule has 0 bridgehead atoms. The quantitative estimate of drug-likeness (QED) is 0.634. The summed E-state index contributed by atoms with van der Waals surface area (Å²) in [7, 11) is 0. The van der Waals surface area contributed by atoms with Crippen molar-refractivity contribution in [3.8, 4) is 0 Å². The molecule has 0 aliphatic carbocycles. The van der Waals surface area contributed by atoms with Gasteiger partial charge < -0.3 is 14.8 Å². The minimum atomic E-state index is -0.985. The van der Waals surface area contributed by atoms with E-state index in [0.29, 0.717) is 11.3 Å². The van der Waals surface area contributed by atoms with Crippen molar-refractivity contribution in [1.29, 1.82) is 5.41 Å². The Morgan fingerprint density at radius 1 is 1.43 bits per heavy atom. The first-order valence-corrected chi connectivity index (χ1v) is 6.37. The van der Waals surface area contributed by atoms with E-state index in [1.165, 1.54) is 0 Å². The smallest absolute Gasteiger partial charge is 0.397 e. The number of hydrogen-bond donors (Lipinski definition) is 2. The normalized spacial score (nSPS) is 17.3. The Bertz CT molecular complexity index is 611. The maximum Gasteiger partial charge on any atom is 0.397 e. The highest BCUT2D eigenvalue weighted by Gasteiger charge is 2.34. The number of cyclic esters (lactones) is 1. The minimum absolute atomic E-state index is 0.0456. The van der Waals surface area contributed by atoms with Gasteiger partial charge in [0.2, 0.25) is 0 Å². The van der Waals surface area contributed by atoms with Crippen LogP contribution in [-0.4, -0.2) is 36.8 Å². The van der Waals surface area contributed by atoms with Crippen LogP contribution in [0.3, 0.4) is 0 Å². The number of hydrogen-bond acceptors (Lipinski definition) is 6. The van der Waals surface area contributed by atoms with Gasteiger partial charge in [-0.1, -0.05) is 18.2 Å². The van der Waals surface area contributed by atoms with Crippen molar-refractivity contribution in [2.75, 3.05) is 18.5 Å². The largest absolute Gasteiger partial charge is 0.460 e. The van der Waals surface area contributed by atoms with Crippen LogP contribution in [-0.2, 0) is 23.9 Å². The summed E-state index contributed by atoms with van der Waals surface area (Å²) in [5.41, 5.74) is 0.724. The van der Waals surface area contributed by atoms with Crippen molar-refractivity contribution < 1.29 is 23.9 Å². The first kappa shape index (κ1) is 14.7. The zero-order chi connectivity index (χ0) is 15.4. The second kappa shape index (κ2) is 6.17. The Morgan fingerprint density at radius 3 is 2.76 bits per heavy atom. The lowest BCUT2D eigenvalue weighted by atomic mass is 9.95. The lowest BCUT2D eigenvalue weighted by Crippen LogP contribution is -2.26. The number of nitrogens with one attached hydrogen (secondary N) is 2. The molecule has 1 aromatic rings.